The number of hydrogen-bond acceptors (Lipinski definition) is 4. The van der Waals surface area contributed by atoms with Gasteiger partial charge in [0.25, 0.3) is 0 Å². The van der Waals surface area contributed by atoms with Crippen LogP contribution in [0.25, 0.3) is 0 Å². The Morgan fingerprint density at radius 2 is 1.70 bits per heavy atom. The van der Waals surface area contributed by atoms with Gasteiger partial charge in [-0.15, -0.1) is 0 Å². The SMILES string of the molecule is CN=Cc1cc(F)ccc1Pc1cc(N(C)C)cc(N(C)C)c1O.[Cl][Ti][Cl]. The summed E-state index contributed by atoms with van der Waals surface area (Å²) < 4.78 is 13.5. The van der Waals surface area contributed by atoms with Crippen molar-refractivity contribution in [2.75, 3.05) is 45.0 Å². The Morgan fingerprint density at radius 3 is 2.22 bits per heavy atom. The van der Waals surface area contributed by atoms with Gasteiger partial charge < -0.3 is 14.9 Å². The van der Waals surface area contributed by atoms with Crippen LogP contribution in [0.5, 0.6) is 5.75 Å². The quantitative estimate of drug-likeness (QED) is 0.415. The Labute approximate surface area is 178 Å². The molecule has 0 amide bonds. The maximum atomic E-state index is 13.5. The fraction of sp³-hybridized carbons (Fsp3) is 0.278. The van der Waals surface area contributed by atoms with Crippen molar-refractivity contribution in [1.29, 1.82) is 0 Å². The summed E-state index contributed by atoms with van der Waals surface area (Å²) in [6.45, 7) is 0. The van der Waals surface area contributed by atoms with Crippen LogP contribution >= 0.6 is 27.2 Å². The predicted octanol–water partition coefficient (Wildman–Crippen LogP) is 3.72. The molecular weight excluding hydrogens is 443 g/mol. The molecule has 0 aliphatic rings. The summed E-state index contributed by atoms with van der Waals surface area (Å²) in [7, 11) is 19.4. The molecule has 4 nitrogen and oxygen atoms in total. The number of aromatic hydroxyl groups is 1. The van der Waals surface area contributed by atoms with E-state index in [-0.39, 0.29) is 20.1 Å². The van der Waals surface area contributed by atoms with Crippen molar-refractivity contribution in [1.82, 2.24) is 0 Å². The predicted molar refractivity (Wildman–Crippen MR) is 116 cm³/mol. The fourth-order valence-electron chi connectivity index (χ4n) is 2.34. The number of hydrogen-bond donors (Lipinski definition) is 1. The minimum atomic E-state index is -0.556. The third-order valence-corrected chi connectivity index (χ3v) is 5.00. The summed E-state index contributed by atoms with van der Waals surface area (Å²) >= 11 is -0.556. The van der Waals surface area contributed by atoms with Crippen LogP contribution < -0.4 is 20.4 Å². The standard InChI is InChI=1S/C18H23FN3OP.2ClH.Ti/c1-20-11-12-8-13(19)6-7-16(12)24-17-10-14(21(2)3)9-15(18(17)23)22(4)5;;;/h6-11,23-24H,1-5H3;2*1H;/q;;;+2/p-2. The molecule has 2 aromatic rings. The summed E-state index contributed by atoms with van der Waals surface area (Å²) in [6, 6.07) is 8.57. The third kappa shape index (κ3) is 7.25. The molecule has 1 atom stereocenters. The van der Waals surface area contributed by atoms with Crippen molar-refractivity contribution in [3.63, 3.8) is 0 Å². The van der Waals surface area contributed by atoms with E-state index in [2.05, 4.69) is 4.99 Å². The number of phenols is 1. The summed E-state index contributed by atoms with van der Waals surface area (Å²) in [5, 5.41) is 12.4. The van der Waals surface area contributed by atoms with Crippen LogP contribution in [0.15, 0.2) is 35.3 Å². The van der Waals surface area contributed by atoms with Crippen molar-refractivity contribution >= 4 is 55.4 Å². The van der Waals surface area contributed by atoms with Gasteiger partial charge in [0.15, 0.2) is 0 Å². The first-order valence-corrected chi connectivity index (χ1v) is 13.2. The topological polar surface area (TPSA) is 39.1 Å². The Hall–Kier alpha value is -0.836. The van der Waals surface area contributed by atoms with Gasteiger partial charge in [-0.1, -0.05) is 14.6 Å². The second-order valence-corrected chi connectivity index (χ2v) is 9.87. The first kappa shape index (κ1) is 24.2. The zero-order chi connectivity index (χ0) is 20.6. The van der Waals surface area contributed by atoms with E-state index in [1.54, 1.807) is 19.3 Å². The molecule has 146 valence electrons. The first-order valence-electron chi connectivity index (χ1n) is 7.91. The second-order valence-electron chi connectivity index (χ2n) is 5.97. The van der Waals surface area contributed by atoms with Gasteiger partial charge in [0.2, 0.25) is 0 Å². The summed E-state index contributed by atoms with van der Waals surface area (Å²) in [5.74, 6) is -0.0358. The zero-order valence-corrected chi connectivity index (χ0v) is 20.0. The number of nitrogens with zero attached hydrogens (tertiary/aromatic N) is 3. The molecule has 0 aliphatic carbocycles. The third-order valence-electron chi connectivity index (χ3n) is 3.62. The van der Waals surface area contributed by atoms with Crippen LogP contribution in [0.2, 0.25) is 0 Å². The van der Waals surface area contributed by atoms with Gasteiger partial charge in [0.1, 0.15) is 11.6 Å². The molecule has 0 bridgehead atoms. The Morgan fingerprint density at radius 1 is 1.07 bits per heavy atom. The van der Waals surface area contributed by atoms with Crippen LogP contribution in [-0.4, -0.2) is 46.6 Å². The monoisotopic (exact) mass is 465 g/mol. The average molecular weight is 466 g/mol. The van der Waals surface area contributed by atoms with Gasteiger partial charge in [-0.25, -0.2) is 4.39 Å². The summed E-state index contributed by atoms with van der Waals surface area (Å²) in [4.78, 5) is 7.88. The number of aliphatic imine (C=N–C) groups is 1. The van der Waals surface area contributed by atoms with Gasteiger partial charge in [0, 0.05) is 58.0 Å². The van der Waals surface area contributed by atoms with E-state index >= 15 is 0 Å². The molecule has 0 fully saturated rings. The van der Waals surface area contributed by atoms with Gasteiger partial charge >= 0.3 is 35.6 Å². The van der Waals surface area contributed by atoms with Gasteiger partial charge in [0.05, 0.1) is 5.69 Å². The molecule has 0 saturated heterocycles. The average Bonchev–Trinajstić information content (AvgIpc) is 2.59. The fourth-order valence-corrected chi connectivity index (χ4v) is 3.54. The van der Waals surface area contributed by atoms with Gasteiger partial charge in [-0.2, -0.15) is 0 Å². The van der Waals surface area contributed by atoms with E-state index in [9.17, 15) is 9.50 Å². The van der Waals surface area contributed by atoms with Crippen LogP contribution in [0.1, 0.15) is 5.56 Å². The van der Waals surface area contributed by atoms with Crippen LogP contribution in [0.4, 0.5) is 15.8 Å². The molecule has 9 heteroatoms. The van der Waals surface area contributed by atoms with E-state index in [4.69, 9.17) is 18.6 Å². The van der Waals surface area contributed by atoms with Crippen molar-refractivity contribution in [2.24, 2.45) is 4.99 Å². The van der Waals surface area contributed by atoms with Crippen LogP contribution in [-0.2, 0) is 17.0 Å². The Balaban J connectivity index is 0.00000114. The van der Waals surface area contributed by atoms with Crippen molar-refractivity contribution in [3.05, 3.63) is 41.7 Å². The molecule has 0 aliphatic heterocycles. The number of phenolic OH excluding ortho intramolecular Hbond substituents is 1. The molecule has 0 radical (unpaired) electrons. The van der Waals surface area contributed by atoms with Crippen LogP contribution in [0, 0.1) is 5.82 Å². The zero-order valence-electron chi connectivity index (χ0n) is 15.9. The van der Waals surface area contributed by atoms with Crippen LogP contribution in [0.3, 0.4) is 0 Å². The second kappa shape index (κ2) is 11.9. The van der Waals surface area contributed by atoms with E-state index < -0.39 is 17.0 Å². The molecule has 27 heavy (non-hydrogen) atoms. The molecular formula is C18H23Cl2FN3OPTi. The van der Waals surface area contributed by atoms with E-state index in [0.717, 1.165) is 27.5 Å². The minimum absolute atomic E-state index is 0.198. The molecule has 2 aromatic carbocycles. The van der Waals surface area contributed by atoms with Crippen molar-refractivity contribution in [3.8, 4) is 5.75 Å². The molecule has 0 aromatic heterocycles. The molecule has 2 rings (SSSR count). The number of halogens is 3. The molecule has 0 heterocycles. The number of benzene rings is 2. The normalized spacial score (nSPS) is 10.8. The van der Waals surface area contributed by atoms with Crippen molar-refractivity contribution < 1.29 is 26.5 Å². The Kier molecular flexibility index (Phi) is 10.7. The number of rotatable bonds is 5. The van der Waals surface area contributed by atoms with Gasteiger partial charge in [-0.05, 0) is 29.6 Å². The van der Waals surface area contributed by atoms with E-state index in [1.807, 2.05) is 50.1 Å². The molecule has 0 saturated carbocycles. The van der Waals surface area contributed by atoms with Crippen molar-refractivity contribution in [2.45, 2.75) is 0 Å². The maximum absolute atomic E-state index is 13.5. The summed E-state index contributed by atoms with van der Waals surface area (Å²) in [5.41, 5.74) is 2.50. The summed E-state index contributed by atoms with van der Waals surface area (Å²) in [6.07, 6.45) is 1.64. The molecule has 0 spiro atoms. The molecule has 1 N–H and O–H groups in total. The van der Waals surface area contributed by atoms with E-state index in [0.29, 0.717) is 0 Å². The Bertz CT molecular complexity index is 791. The molecule has 1 unspecified atom stereocenters. The first-order chi connectivity index (χ1) is 12.7. The number of anilines is 2. The van der Waals surface area contributed by atoms with E-state index in [1.165, 1.54) is 12.1 Å². The van der Waals surface area contributed by atoms with Gasteiger partial charge in [-0.3, -0.25) is 4.99 Å².